The minimum atomic E-state index is -5.32. The van der Waals surface area contributed by atoms with Crippen molar-refractivity contribution in [1.29, 1.82) is 0 Å². The second-order valence-electron chi connectivity index (χ2n) is 3.47. The van der Waals surface area contributed by atoms with Crippen LogP contribution in [0, 0.1) is 0 Å². The molecule has 0 amide bonds. The predicted molar refractivity (Wildman–Crippen MR) is 33.6 cm³/mol. The number of alkyl halides is 7. The van der Waals surface area contributed by atoms with Crippen LogP contribution in [0.5, 0.6) is 0 Å². The average molecular weight is 224 g/mol. The molecular formula is C7H7F7. The van der Waals surface area contributed by atoms with Crippen molar-refractivity contribution < 1.29 is 30.7 Å². The molecule has 84 valence electrons. The Labute approximate surface area is 75.1 Å². The van der Waals surface area contributed by atoms with Crippen LogP contribution in [0.1, 0.15) is 19.8 Å². The van der Waals surface area contributed by atoms with Gasteiger partial charge in [-0.05, 0) is 6.42 Å². The molecule has 1 rings (SSSR count). The minimum absolute atomic E-state index is 0.123. The van der Waals surface area contributed by atoms with Crippen LogP contribution in [-0.4, -0.2) is 23.4 Å². The zero-order chi connectivity index (χ0) is 11.4. The molecule has 7 heteroatoms. The van der Waals surface area contributed by atoms with E-state index in [2.05, 4.69) is 0 Å². The van der Waals surface area contributed by atoms with Crippen molar-refractivity contribution in [3.63, 3.8) is 0 Å². The van der Waals surface area contributed by atoms with E-state index in [1.807, 2.05) is 0 Å². The summed E-state index contributed by atoms with van der Waals surface area (Å²) in [7, 11) is 0. The van der Waals surface area contributed by atoms with Crippen LogP contribution in [0.25, 0.3) is 0 Å². The lowest BCUT2D eigenvalue weighted by atomic mass is 9.93. The maximum Gasteiger partial charge on any atom is 0.349 e. The smallest absolute Gasteiger partial charge is 0.230 e. The normalized spacial score (nSPS) is 36.0. The van der Waals surface area contributed by atoms with Crippen molar-refractivity contribution in [2.45, 2.75) is 43.2 Å². The molecule has 0 aliphatic heterocycles. The largest absolute Gasteiger partial charge is 0.349 e. The summed E-state index contributed by atoms with van der Waals surface area (Å²) in [5.41, 5.74) is -4.45. The molecule has 0 N–H and O–H groups in total. The van der Waals surface area contributed by atoms with Gasteiger partial charge in [0.25, 0.3) is 5.92 Å². The first-order valence-corrected chi connectivity index (χ1v) is 3.78. The van der Waals surface area contributed by atoms with E-state index in [-0.39, 0.29) is 6.92 Å². The molecule has 0 saturated heterocycles. The molecule has 0 bridgehead atoms. The highest BCUT2D eigenvalue weighted by molar-refractivity contribution is 5.14. The predicted octanol–water partition coefficient (Wildman–Crippen LogP) is 3.41. The first kappa shape index (κ1) is 11.6. The molecule has 0 spiro atoms. The van der Waals surface area contributed by atoms with Gasteiger partial charge in [-0.2, -0.15) is 17.6 Å². The zero-order valence-corrected chi connectivity index (χ0v) is 7.06. The first-order valence-electron chi connectivity index (χ1n) is 3.78. The third-order valence-electron chi connectivity index (χ3n) is 2.44. The van der Waals surface area contributed by atoms with Crippen LogP contribution in [-0.2, 0) is 0 Å². The molecule has 1 fully saturated rings. The standard InChI is InChI=1S/C7H7F7/c1-4(8,9)5(10)2-3-6(11,12)7(5,13)14/h2-3H2,1H3. The van der Waals surface area contributed by atoms with E-state index < -0.39 is 36.3 Å². The molecular weight excluding hydrogens is 217 g/mol. The fourth-order valence-electron chi connectivity index (χ4n) is 1.43. The Kier molecular flexibility index (Phi) is 2.11. The highest BCUT2D eigenvalue weighted by atomic mass is 19.3. The first-order chi connectivity index (χ1) is 5.96. The van der Waals surface area contributed by atoms with Crippen molar-refractivity contribution in [3.05, 3.63) is 0 Å². The summed E-state index contributed by atoms with van der Waals surface area (Å²) in [5.74, 6) is -14.5. The van der Waals surface area contributed by atoms with E-state index in [4.69, 9.17) is 0 Å². The van der Waals surface area contributed by atoms with Crippen LogP contribution < -0.4 is 0 Å². The summed E-state index contributed by atoms with van der Waals surface area (Å²) in [4.78, 5) is 0. The minimum Gasteiger partial charge on any atom is -0.230 e. The molecule has 1 aliphatic rings. The SMILES string of the molecule is CC(F)(F)C1(F)CCC(F)(F)C1(F)F. The van der Waals surface area contributed by atoms with E-state index in [1.165, 1.54) is 0 Å². The van der Waals surface area contributed by atoms with Gasteiger partial charge in [0.15, 0.2) is 0 Å². The summed E-state index contributed by atoms with van der Waals surface area (Å²) in [6.45, 7) is -0.123. The highest BCUT2D eigenvalue weighted by Gasteiger charge is 2.81. The monoisotopic (exact) mass is 224 g/mol. The highest BCUT2D eigenvalue weighted by Crippen LogP contribution is 2.60. The quantitative estimate of drug-likeness (QED) is 0.598. The van der Waals surface area contributed by atoms with Crippen LogP contribution >= 0.6 is 0 Å². The van der Waals surface area contributed by atoms with E-state index in [9.17, 15) is 30.7 Å². The lowest BCUT2D eigenvalue weighted by Crippen LogP contribution is -2.57. The Hall–Kier alpha value is -0.490. The van der Waals surface area contributed by atoms with E-state index in [0.717, 1.165) is 0 Å². The van der Waals surface area contributed by atoms with Crippen molar-refractivity contribution in [1.82, 2.24) is 0 Å². The molecule has 1 saturated carbocycles. The summed E-state index contributed by atoms with van der Waals surface area (Å²) >= 11 is 0. The number of halogens is 7. The van der Waals surface area contributed by atoms with Gasteiger partial charge in [-0.1, -0.05) is 0 Å². The molecule has 0 nitrogen and oxygen atoms in total. The van der Waals surface area contributed by atoms with Crippen LogP contribution in [0.3, 0.4) is 0 Å². The Morgan fingerprint density at radius 1 is 0.929 bits per heavy atom. The topological polar surface area (TPSA) is 0 Å². The number of hydrogen-bond acceptors (Lipinski definition) is 0. The molecule has 0 radical (unpaired) electrons. The lowest BCUT2D eigenvalue weighted by molar-refractivity contribution is -0.284. The van der Waals surface area contributed by atoms with Crippen molar-refractivity contribution in [2.24, 2.45) is 0 Å². The number of rotatable bonds is 1. The van der Waals surface area contributed by atoms with Gasteiger partial charge in [-0.3, -0.25) is 0 Å². The third kappa shape index (κ3) is 1.13. The van der Waals surface area contributed by atoms with Gasteiger partial charge in [0, 0.05) is 13.3 Å². The summed E-state index contributed by atoms with van der Waals surface area (Å²) in [6.07, 6.45) is -3.11. The van der Waals surface area contributed by atoms with E-state index in [0.29, 0.717) is 0 Å². The molecule has 0 aromatic rings. The van der Waals surface area contributed by atoms with Crippen molar-refractivity contribution in [3.8, 4) is 0 Å². The molecule has 0 aromatic heterocycles. The lowest BCUT2D eigenvalue weighted by Gasteiger charge is -2.33. The number of hydrogen-bond donors (Lipinski definition) is 0. The van der Waals surface area contributed by atoms with E-state index >= 15 is 0 Å². The van der Waals surface area contributed by atoms with Crippen molar-refractivity contribution >= 4 is 0 Å². The van der Waals surface area contributed by atoms with Gasteiger partial charge in [-0.15, -0.1) is 0 Å². The molecule has 0 aromatic carbocycles. The van der Waals surface area contributed by atoms with Gasteiger partial charge in [0.05, 0.1) is 0 Å². The Balaban J connectivity index is 3.18. The fraction of sp³-hybridized carbons (Fsp3) is 1.00. The van der Waals surface area contributed by atoms with Gasteiger partial charge in [-0.25, -0.2) is 13.2 Å². The van der Waals surface area contributed by atoms with Crippen LogP contribution in [0.4, 0.5) is 30.7 Å². The van der Waals surface area contributed by atoms with Gasteiger partial charge in [0.1, 0.15) is 0 Å². The molecule has 1 aliphatic carbocycles. The molecule has 1 atom stereocenters. The second-order valence-corrected chi connectivity index (χ2v) is 3.47. The second kappa shape index (κ2) is 2.55. The summed E-state index contributed by atoms with van der Waals surface area (Å²) < 4.78 is 88.2. The fourth-order valence-corrected chi connectivity index (χ4v) is 1.43. The third-order valence-corrected chi connectivity index (χ3v) is 2.44. The maximum atomic E-state index is 13.1. The average Bonchev–Trinajstić information content (AvgIpc) is 2.10. The van der Waals surface area contributed by atoms with Crippen LogP contribution in [0.15, 0.2) is 0 Å². The van der Waals surface area contributed by atoms with Gasteiger partial charge < -0.3 is 0 Å². The Morgan fingerprint density at radius 2 is 1.36 bits per heavy atom. The van der Waals surface area contributed by atoms with Gasteiger partial charge in [0.2, 0.25) is 5.67 Å². The Bertz CT molecular complexity index is 241. The zero-order valence-electron chi connectivity index (χ0n) is 7.06. The Morgan fingerprint density at radius 3 is 1.50 bits per heavy atom. The molecule has 1 unspecified atom stereocenters. The van der Waals surface area contributed by atoms with E-state index in [1.54, 1.807) is 0 Å². The maximum absolute atomic E-state index is 13.1. The van der Waals surface area contributed by atoms with Crippen molar-refractivity contribution in [2.75, 3.05) is 0 Å². The van der Waals surface area contributed by atoms with Gasteiger partial charge >= 0.3 is 11.8 Å². The molecule has 14 heavy (non-hydrogen) atoms. The summed E-state index contributed by atoms with van der Waals surface area (Å²) in [5, 5.41) is 0. The molecule has 0 heterocycles. The van der Waals surface area contributed by atoms with Crippen LogP contribution in [0.2, 0.25) is 0 Å². The summed E-state index contributed by atoms with van der Waals surface area (Å²) in [6, 6.07) is 0.